The molecule has 0 fully saturated rings. The highest BCUT2D eigenvalue weighted by molar-refractivity contribution is 4.96. The van der Waals surface area contributed by atoms with Crippen molar-refractivity contribution in [3.8, 4) is 0 Å². The normalized spacial score (nSPS) is 23.3. The molecule has 11 heavy (non-hydrogen) atoms. The molecule has 0 aromatic carbocycles. The summed E-state index contributed by atoms with van der Waals surface area (Å²) < 4.78 is 7.31. The maximum atomic E-state index is 5.39. The van der Waals surface area contributed by atoms with E-state index in [4.69, 9.17) is 4.74 Å². The van der Waals surface area contributed by atoms with Crippen LogP contribution in [0.3, 0.4) is 0 Å². The van der Waals surface area contributed by atoms with Crippen molar-refractivity contribution in [2.45, 2.75) is 26.5 Å². The van der Waals surface area contributed by atoms with Gasteiger partial charge in [-0.1, -0.05) is 0 Å². The van der Waals surface area contributed by atoms with E-state index < -0.39 is 0 Å². The molecule has 0 radical (unpaired) electrons. The van der Waals surface area contributed by atoms with Gasteiger partial charge in [0.1, 0.15) is 11.9 Å². The molecule has 0 amide bonds. The minimum Gasteiger partial charge on any atom is -0.369 e. The summed E-state index contributed by atoms with van der Waals surface area (Å²) in [6.45, 7) is 5.48. The zero-order valence-corrected chi connectivity index (χ0v) is 6.74. The number of aryl methyl sites for hydroxylation is 1. The monoisotopic (exact) mass is 153 g/mol. The van der Waals surface area contributed by atoms with Crippen molar-refractivity contribution in [1.29, 1.82) is 0 Å². The Labute approximate surface area is 65.2 Å². The molecule has 0 N–H and O–H groups in total. The molecule has 1 aliphatic heterocycles. The molecule has 0 aliphatic carbocycles. The molecule has 0 bridgehead atoms. The van der Waals surface area contributed by atoms with Crippen molar-refractivity contribution in [2.75, 3.05) is 6.61 Å². The second-order valence-electron chi connectivity index (χ2n) is 2.75. The lowest BCUT2D eigenvalue weighted by atomic mass is 10.3. The van der Waals surface area contributed by atoms with Gasteiger partial charge in [0, 0.05) is 0 Å². The van der Waals surface area contributed by atoms with Gasteiger partial charge in [0.05, 0.1) is 13.2 Å². The number of aromatic nitrogens is 3. The van der Waals surface area contributed by atoms with Gasteiger partial charge in [0.2, 0.25) is 0 Å². The van der Waals surface area contributed by atoms with Crippen LogP contribution < -0.4 is 0 Å². The summed E-state index contributed by atoms with van der Waals surface area (Å²) in [6, 6.07) is 0. The van der Waals surface area contributed by atoms with E-state index in [0.717, 1.165) is 24.8 Å². The quantitative estimate of drug-likeness (QED) is 0.550. The number of hydrogen-bond acceptors (Lipinski definition) is 3. The lowest BCUT2D eigenvalue weighted by molar-refractivity contribution is 0.0255. The third-order valence-electron chi connectivity index (χ3n) is 1.84. The first-order valence-electron chi connectivity index (χ1n) is 3.80. The summed E-state index contributed by atoms with van der Waals surface area (Å²) in [5.41, 5.74) is 0. The van der Waals surface area contributed by atoms with E-state index in [1.54, 1.807) is 0 Å². The summed E-state index contributed by atoms with van der Waals surface area (Å²) >= 11 is 0. The molecule has 0 saturated heterocycles. The van der Waals surface area contributed by atoms with E-state index in [2.05, 4.69) is 10.1 Å². The van der Waals surface area contributed by atoms with Gasteiger partial charge < -0.3 is 4.74 Å². The highest BCUT2D eigenvalue weighted by atomic mass is 16.5. The standard InChI is InChI=1S/C7H11N3O/c1-5-7-8-6(2)9-10(7)3-4-11-5/h5H,3-4H2,1-2H3. The van der Waals surface area contributed by atoms with E-state index in [1.807, 2.05) is 18.5 Å². The van der Waals surface area contributed by atoms with Gasteiger partial charge in [-0.2, -0.15) is 5.10 Å². The fourth-order valence-electron chi connectivity index (χ4n) is 1.33. The summed E-state index contributed by atoms with van der Waals surface area (Å²) in [7, 11) is 0. The maximum absolute atomic E-state index is 5.39. The van der Waals surface area contributed by atoms with Crippen LogP contribution >= 0.6 is 0 Å². The van der Waals surface area contributed by atoms with E-state index in [1.165, 1.54) is 0 Å². The van der Waals surface area contributed by atoms with E-state index >= 15 is 0 Å². The predicted molar refractivity (Wildman–Crippen MR) is 39.1 cm³/mol. The van der Waals surface area contributed by atoms with Crippen LogP contribution in [0, 0.1) is 6.92 Å². The van der Waals surface area contributed by atoms with Gasteiger partial charge >= 0.3 is 0 Å². The van der Waals surface area contributed by atoms with Crippen molar-refractivity contribution in [1.82, 2.24) is 14.8 Å². The number of fused-ring (bicyclic) bond motifs is 1. The minimum absolute atomic E-state index is 0.102. The Morgan fingerprint density at radius 1 is 1.64 bits per heavy atom. The van der Waals surface area contributed by atoms with Crippen LogP contribution in [0.15, 0.2) is 0 Å². The van der Waals surface area contributed by atoms with Gasteiger partial charge in [-0.15, -0.1) is 0 Å². The Morgan fingerprint density at radius 2 is 2.45 bits per heavy atom. The van der Waals surface area contributed by atoms with Crippen LogP contribution in [0.4, 0.5) is 0 Å². The van der Waals surface area contributed by atoms with Crippen molar-refractivity contribution in [3.05, 3.63) is 11.6 Å². The topological polar surface area (TPSA) is 39.9 Å². The lowest BCUT2D eigenvalue weighted by Gasteiger charge is -2.18. The molecule has 2 rings (SSSR count). The van der Waals surface area contributed by atoms with Crippen LogP contribution in [-0.2, 0) is 11.3 Å². The molecule has 60 valence electrons. The van der Waals surface area contributed by atoms with Gasteiger partial charge in [0.25, 0.3) is 0 Å². The highest BCUT2D eigenvalue weighted by Gasteiger charge is 2.19. The van der Waals surface area contributed by atoms with Crippen molar-refractivity contribution in [2.24, 2.45) is 0 Å². The number of ether oxygens (including phenoxy) is 1. The second kappa shape index (κ2) is 2.30. The van der Waals surface area contributed by atoms with Gasteiger partial charge in [-0.05, 0) is 13.8 Å². The molecule has 1 unspecified atom stereocenters. The molecule has 4 nitrogen and oxygen atoms in total. The summed E-state index contributed by atoms with van der Waals surface area (Å²) in [5, 5.41) is 4.23. The van der Waals surface area contributed by atoms with E-state index in [0.29, 0.717) is 0 Å². The Kier molecular flexibility index (Phi) is 1.42. The Balaban J connectivity index is 2.43. The first kappa shape index (κ1) is 6.79. The molecule has 4 heteroatoms. The first-order chi connectivity index (χ1) is 5.27. The van der Waals surface area contributed by atoms with E-state index in [9.17, 15) is 0 Å². The number of rotatable bonds is 0. The van der Waals surface area contributed by atoms with Crippen LogP contribution in [-0.4, -0.2) is 21.4 Å². The smallest absolute Gasteiger partial charge is 0.156 e. The van der Waals surface area contributed by atoms with Crippen LogP contribution in [0.5, 0.6) is 0 Å². The predicted octanol–water partition coefficient (Wildman–Crippen LogP) is 0.678. The summed E-state index contributed by atoms with van der Waals surface area (Å²) in [4.78, 5) is 4.26. The largest absolute Gasteiger partial charge is 0.369 e. The average Bonchev–Trinajstić information content (AvgIpc) is 2.31. The Bertz CT molecular complexity index is 269. The van der Waals surface area contributed by atoms with Crippen molar-refractivity contribution < 1.29 is 4.74 Å². The zero-order chi connectivity index (χ0) is 7.84. The second-order valence-corrected chi connectivity index (χ2v) is 2.75. The first-order valence-corrected chi connectivity index (χ1v) is 3.80. The average molecular weight is 153 g/mol. The molecule has 1 aliphatic rings. The molecule has 1 aromatic rings. The van der Waals surface area contributed by atoms with Crippen LogP contribution in [0.1, 0.15) is 24.7 Å². The van der Waals surface area contributed by atoms with Crippen molar-refractivity contribution in [3.63, 3.8) is 0 Å². The molecule has 1 atom stereocenters. The fourth-order valence-corrected chi connectivity index (χ4v) is 1.33. The number of nitrogens with zero attached hydrogens (tertiary/aromatic N) is 3. The van der Waals surface area contributed by atoms with Gasteiger partial charge in [-0.3, -0.25) is 0 Å². The van der Waals surface area contributed by atoms with E-state index in [-0.39, 0.29) is 6.10 Å². The number of hydrogen-bond donors (Lipinski definition) is 0. The lowest BCUT2D eigenvalue weighted by Crippen LogP contribution is -2.20. The molecule has 0 saturated carbocycles. The zero-order valence-electron chi connectivity index (χ0n) is 6.74. The molecule has 2 heterocycles. The SMILES string of the molecule is Cc1nc2n(n1)CCOC2C. The Hall–Kier alpha value is -0.900. The maximum Gasteiger partial charge on any atom is 0.156 e. The summed E-state index contributed by atoms with van der Waals surface area (Å²) in [5.74, 6) is 1.78. The third kappa shape index (κ3) is 1.03. The summed E-state index contributed by atoms with van der Waals surface area (Å²) in [6.07, 6.45) is 0.102. The van der Waals surface area contributed by atoms with Gasteiger partial charge in [-0.25, -0.2) is 9.67 Å². The fraction of sp³-hybridized carbons (Fsp3) is 0.714. The van der Waals surface area contributed by atoms with Crippen LogP contribution in [0.25, 0.3) is 0 Å². The Morgan fingerprint density at radius 3 is 3.18 bits per heavy atom. The molecular formula is C7H11N3O. The minimum atomic E-state index is 0.102. The van der Waals surface area contributed by atoms with Crippen molar-refractivity contribution >= 4 is 0 Å². The highest BCUT2D eigenvalue weighted by Crippen LogP contribution is 2.18. The third-order valence-corrected chi connectivity index (χ3v) is 1.84. The molecular weight excluding hydrogens is 142 g/mol. The molecule has 0 spiro atoms. The molecule has 1 aromatic heterocycles. The van der Waals surface area contributed by atoms with Crippen LogP contribution in [0.2, 0.25) is 0 Å². The van der Waals surface area contributed by atoms with Gasteiger partial charge in [0.15, 0.2) is 5.82 Å².